The lowest BCUT2D eigenvalue weighted by atomic mass is 10.1. The van der Waals surface area contributed by atoms with E-state index in [0.29, 0.717) is 11.7 Å². The Morgan fingerprint density at radius 1 is 1.33 bits per heavy atom. The molecule has 0 heterocycles. The number of nitrogens with two attached hydrogens (primary N) is 1. The van der Waals surface area contributed by atoms with Crippen molar-refractivity contribution in [1.82, 2.24) is 0 Å². The van der Waals surface area contributed by atoms with E-state index in [1.807, 2.05) is 24.3 Å². The van der Waals surface area contributed by atoms with Gasteiger partial charge in [-0.05, 0) is 24.0 Å². The van der Waals surface area contributed by atoms with Gasteiger partial charge in [-0.1, -0.05) is 32.0 Å². The third kappa shape index (κ3) is 4.47. The van der Waals surface area contributed by atoms with Gasteiger partial charge in [0.05, 0.1) is 0 Å². The highest BCUT2D eigenvalue weighted by Crippen LogP contribution is 2.11. The Morgan fingerprint density at radius 2 is 2.00 bits per heavy atom. The molecule has 3 heteroatoms. The molecule has 0 aliphatic heterocycles. The van der Waals surface area contributed by atoms with Crippen molar-refractivity contribution >= 4 is 16.5 Å². The number of benzene rings is 1. The second kappa shape index (κ2) is 5.91. The molecule has 2 N–H and O–H groups in total. The van der Waals surface area contributed by atoms with E-state index in [1.165, 1.54) is 0 Å². The zero-order chi connectivity index (χ0) is 11.3. The van der Waals surface area contributed by atoms with Crippen molar-refractivity contribution in [2.45, 2.75) is 20.3 Å². The Hall–Kier alpha value is -0.830. The monoisotopic (exact) mass is 225 g/mol. The molecule has 1 aromatic rings. The average Bonchev–Trinajstić information content (AvgIpc) is 2.15. The van der Waals surface area contributed by atoms with E-state index in [-0.39, 0.29) is 0 Å². The van der Waals surface area contributed by atoms with Crippen LogP contribution in [0.2, 0.25) is 0 Å². The second-order valence-corrected chi connectivity index (χ2v) is 5.77. The van der Waals surface area contributed by atoms with Crippen LogP contribution in [0, 0.1) is 5.92 Å². The van der Waals surface area contributed by atoms with Crippen LogP contribution in [-0.2, 0) is 17.2 Å². The highest BCUT2D eigenvalue weighted by Gasteiger charge is 2.05. The van der Waals surface area contributed by atoms with Gasteiger partial charge in [0.2, 0.25) is 0 Å². The van der Waals surface area contributed by atoms with Crippen LogP contribution in [0.4, 0.5) is 5.69 Å². The molecule has 1 aromatic carbocycles. The highest BCUT2D eigenvalue weighted by molar-refractivity contribution is 7.84. The quantitative estimate of drug-likeness (QED) is 0.781. The molecule has 0 aliphatic rings. The van der Waals surface area contributed by atoms with Crippen LogP contribution in [0.1, 0.15) is 19.4 Å². The van der Waals surface area contributed by atoms with Gasteiger partial charge in [-0.2, -0.15) is 0 Å². The minimum atomic E-state index is -0.714. The third-order valence-corrected chi connectivity index (χ3v) is 3.87. The number of nitrogen functional groups attached to an aromatic ring is 1. The summed E-state index contributed by atoms with van der Waals surface area (Å²) in [5.41, 5.74) is 7.72. The number of aryl methyl sites for hydroxylation is 1. The van der Waals surface area contributed by atoms with Gasteiger partial charge in [-0.15, -0.1) is 0 Å². The van der Waals surface area contributed by atoms with Crippen molar-refractivity contribution < 1.29 is 4.21 Å². The molecule has 1 atom stereocenters. The van der Waals surface area contributed by atoms with Crippen LogP contribution in [0.15, 0.2) is 24.3 Å². The zero-order valence-corrected chi connectivity index (χ0v) is 10.2. The SMILES string of the molecule is CC(C)CS(=O)CCc1ccccc1N. The minimum absolute atomic E-state index is 0.499. The van der Waals surface area contributed by atoms with E-state index < -0.39 is 10.8 Å². The number of anilines is 1. The first kappa shape index (κ1) is 12.2. The van der Waals surface area contributed by atoms with Crippen LogP contribution >= 0.6 is 0 Å². The molecular formula is C12H19NOS. The van der Waals surface area contributed by atoms with E-state index in [4.69, 9.17) is 5.73 Å². The van der Waals surface area contributed by atoms with Crippen molar-refractivity contribution in [3.63, 3.8) is 0 Å². The summed E-state index contributed by atoms with van der Waals surface area (Å²) in [6.45, 7) is 4.18. The van der Waals surface area contributed by atoms with Crippen molar-refractivity contribution in [2.75, 3.05) is 17.2 Å². The Balaban J connectivity index is 2.44. The Morgan fingerprint density at radius 3 is 2.60 bits per heavy atom. The van der Waals surface area contributed by atoms with Gasteiger partial charge >= 0.3 is 0 Å². The normalized spacial score (nSPS) is 13.0. The lowest BCUT2D eigenvalue weighted by molar-refractivity contribution is 0.664. The standard InChI is InChI=1S/C12H19NOS/c1-10(2)9-15(14)8-7-11-5-3-4-6-12(11)13/h3-6,10H,7-9,13H2,1-2H3. The number of rotatable bonds is 5. The van der Waals surface area contributed by atoms with Gasteiger partial charge in [-0.3, -0.25) is 4.21 Å². The molecule has 84 valence electrons. The molecule has 2 nitrogen and oxygen atoms in total. The number of hydrogen-bond donors (Lipinski definition) is 1. The van der Waals surface area contributed by atoms with E-state index in [9.17, 15) is 4.21 Å². The van der Waals surface area contributed by atoms with Crippen LogP contribution in [0.5, 0.6) is 0 Å². The predicted molar refractivity (Wildman–Crippen MR) is 67.3 cm³/mol. The van der Waals surface area contributed by atoms with Gasteiger partial charge < -0.3 is 5.73 Å². The Labute approximate surface area is 94.3 Å². The molecular weight excluding hydrogens is 206 g/mol. The van der Waals surface area contributed by atoms with Crippen molar-refractivity contribution in [1.29, 1.82) is 0 Å². The molecule has 0 aromatic heterocycles. The number of hydrogen-bond acceptors (Lipinski definition) is 2. The van der Waals surface area contributed by atoms with Gasteiger partial charge in [-0.25, -0.2) is 0 Å². The Bertz CT molecular complexity index is 336. The average molecular weight is 225 g/mol. The maximum absolute atomic E-state index is 11.6. The summed E-state index contributed by atoms with van der Waals surface area (Å²) >= 11 is 0. The molecule has 0 spiro atoms. The van der Waals surface area contributed by atoms with E-state index in [0.717, 1.165) is 23.4 Å². The van der Waals surface area contributed by atoms with Crippen LogP contribution in [0.3, 0.4) is 0 Å². The van der Waals surface area contributed by atoms with E-state index in [1.54, 1.807) is 0 Å². The maximum atomic E-state index is 11.6. The smallest absolute Gasteiger partial charge is 0.0346 e. The van der Waals surface area contributed by atoms with Crippen molar-refractivity contribution in [3.8, 4) is 0 Å². The third-order valence-electron chi connectivity index (χ3n) is 2.17. The molecule has 0 aliphatic carbocycles. The van der Waals surface area contributed by atoms with Crippen LogP contribution < -0.4 is 5.73 Å². The van der Waals surface area contributed by atoms with Gasteiger partial charge in [0.25, 0.3) is 0 Å². The molecule has 0 saturated carbocycles. The summed E-state index contributed by atoms with van der Waals surface area (Å²) in [6, 6.07) is 7.78. The summed E-state index contributed by atoms with van der Waals surface area (Å²) in [7, 11) is -0.714. The van der Waals surface area contributed by atoms with E-state index in [2.05, 4.69) is 13.8 Å². The second-order valence-electron chi connectivity index (χ2n) is 4.15. The summed E-state index contributed by atoms with van der Waals surface area (Å²) in [5.74, 6) is 2.00. The molecule has 0 radical (unpaired) electrons. The number of para-hydroxylation sites is 1. The summed E-state index contributed by atoms with van der Waals surface area (Å²) in [6.07, 6.45) is 0.812. The minimum Gasteiger partial charge on any atom is -0.399 e. The molecule has 0 fully saturated rings. The maximum Gasteiger partial charge on any atom is 0.0346 e. The first-order valence-corrected chi connectivity index (χ1v) is 6.76. The summed E-state index contributed by atoms with van der Waals surface area (Å²) in [5, 5.41) is 0. The van der Waals surface area contributed by atoms with Gasteiger partial charge in [0.15, 0.2) is 0 Å². The first-order valence-electron chi connectivity index (χ1n) is 5.28. The van der Waals surface area contributed by atoms with Crippen LogP contribution in [0.25, 0.3) is 0 Å². The molecule has 1 rings (SSSR count). The molecule has 0 saturated heterocycles. The fourth-order valence-corrected chi connectivity index (χ4v) is 2.80. The van der Waals surface area contributed by atoms with Gasteiger partial charge in [0, 0.05) is 28.0 Å². The summed E-state index contributed by atoms with van der Waals surface area (Å²) < 4.78 is 11.6. The fourth-order valence-electron chi connectivity index (χ4n) is 1.44. The topological polar surface area (TPSA) is 43.1 Å². The zero-order valence-electron chi connectivity index (χ0n) is 9.40. The molecule has 15 heavy (non-hydrogen) atoms. The van der Waals surface area contributed by atoms with Gasteiger partial charge in [0.1, 0.15) is 0 Å². The Kier molecular flexibility index (Phi) is 4.82. The van der Waals surface area contributed by atoms with Crippen molar-refractivity contribution in [2.24, 2.45) is 5.92 Å². The lowest BCUT2D eigenvalue weighted by Gasteiger charge is -2.06. The fraction of sp³-hybridized carbons (Fsp3) is 0.500. The summed E-state index contributed by atoms with van der Waals surface area (Å²) in [4.78, 5) is 0. The molecule has 0 bridgehead atoms. The highest BCUT2D eigenvalue weighted by atomic mass is 32.2. The van der Waals surface area contributed by atoms with Crippen LogP contribution in [-0.4, -0.2) is 15.7 Å². The first-order chi connectivity index (χ1) is 7.09. The molecule has 0 amide bonds. The van der Waals surface area contributed by atoms with Crippen molar-refractivity contribution in [3.05, 3.63) is 29.8 Å². The van der Waals surface area contributed by atoms with E-state index >= 15 is 0 Å². The lowest BCUT2D eigenvalue weighted by Crippen LogP contribution is -2.10. The molecule has 1 unspecified atom stereocenters. The predicted octanol–water partition coefficient (Wildman–Crippen LogP) is 2.22. The largest absolute Gasteiger partial charge is 0.399 e.